The molecule has 0 aromatic heterocycles. The molecule has 120 valence electrons. The second-order valence-electron chi connectivity index (χ2n) is 7.03. The van der Waals surface area contributed by atoms with Crippen LogP contribution in [0.5, 0.6) is 0 Å². The van der Waals surface area contributed by atoms with E-state index in [2.05, 4.69) is 47.6 Å². The van der Waals surface area contributed by atoms with E-state index in [1.165, 1.54) is 5.20 Å². The largest absolute Gasteiger partial charge is 0.533 e. The van der Waals surface area contributed by atoms with Gasteiger partial charge in [-0.25, -0.2) is 0 Å². The summed E-state index contributed by atoms with van der Waals surface area (Å²) in [6, 6.07) is 0. The third-order valence-corrected chi connectivity index (χ3v) is 6.28. The topological polar surface area (TPSA) is 27.7 Å². The molecule has 0 amide bonds. The molecule has 0 unspecified atom stereocenters. The molecular weight excluding hydrogens is 268 g/mol. The molecule has 0 aliphatic heterocycles. The first kappa shape index (κ1) is 19.8. The van der Waals surface area contributed by atoms with Gasteiger partial charge in [-0.3, -0.25) is 0 Å². The van der Waals surface area contributed by atoms with E-state index in [1.54, 1.807) is 0 Å². The predicted octanol–water partition coefficient (Wildman–Crippen LogP) is 4.59. The van der Waals surface area contributed by atoms with Crippen molar-refractivity contribution in [3.05, 3.63) is 11.3 Å². The molecule has 0 rings (SSSR count). The Morgan fingerprint density at radius 2 is 1.15 bits per heavy atom. The van der Waals surface area contributed by atoms with E-state index in [0.717, 1.165) is 0 Å². The van der Waals surface area contributed by atoms with E-state index in [9.17, 15) is 0 Å². The lowest BCUT2D eigenvalue weighted by molar-refractivity contribution is 0.0749. The monoisotopic (exact) mass is 302 g/mol. The highest BCUT2D eigenvalue weighted by atomic mass is 28.4. The van der Waals surface area contributed by atoms with Gasteiger partial charge in [0.15, 0.2) is 0 Å². The van der Waals surface area contributed by atoms with Crippen molar-refractivity contribution in [1.29, 1.82) is 0 Å². The molecule has 0 aromatic carbocycles. The van der Waals surface area contributed by atoms with Gasteiger partial charge in [0.25, 0.3) is 0 Å². The first-order valence-corrected chi connectivity index (χ1v) is 9.40. The minimum absolute atomic E-state index is 0.0426. The fraction of sp³-hybridized carbons (Fsp3) is 0.875. The Kier molecular flexibility index (Phi) is 7.67. The van der Waals surface area contributed by atoms with E-state index in [-0.39, 0.29) is 10.8 Å². The molecule has 0 atom stereocenters. The minimum atomic E-state index is -2.81. The average molecular weight is 303 g/mol. The van der Waals surface area contributed by atoms with Gasteiger partial charge in [0.1, 0.15) is 0 Å². The molecule has 0 N–H and O–H groups in total. The molecule has 0 fully saturated rings. The number of hydrogen-bond donors (Lipinski definition) is 0. The fourth-order valence-corrected chi connectivity index (χ4v) is 5.51. The Bertz CT molecular complexity index is 294. The van der Waals surface area contributed by atoms with Crippen molar-refractivity contribution < 1.29 is 13.3 Å². The van der Waals surface area contributed by atoms with Crippen molar-refractivity contribution in [2.24, 2.45) is 10.8 Å². The molecule has 0 saturated heterocycles. The Labute approximate surface area is 127 Å². The molecule has 0 spiro atoms. The van der Waals surface area contributed by atoms with Gasteiger partial charge in [0, 0.05) is 25.0 Å². The third-order valence-electron chi connectivity index (χ3n) is 2.72. The Balaban J connectivity index is 5.92. The maximum atomic E-state index is 6.07. The highest BCUT2D eigenvalue weighted by Gasteiger charge is 2.50. The Hall–Kier alpha value is -0.163. The molecular formula is C16H34O3Si. The zero-order chi connectivity index (χ0) is 16.0. The van der Waals surface area contributed by atoms with Crippen molar-refractivity contribution in [1.82, 2.24) is 0 Å². The summed E-state index contributed by atoms with van der Waals surface area (Å²) in [5, 5.41) is 1.18. The number of rotatable bonds is 7. The van der Waals surface area contributed by atoms with Crippen LogP contribution in [0.2, 0.25) is 0 Å². The van der Waals surface area contributed by atoms with Crippen molar-refractivity contribution in [3.8, 4) is 0 Å². The lowest BCUT2D eigenvalue weighted by Crippen LogP contribution is -2.52. The second kappa shape index (κ2) is 7.73. The summed E-state index contributed by atoms with van der Waals surface area (Å²) in [4.78, 5) is 0. The van der Waals surface area contributed by atoms with Gasteiger partial charge in [0.2, 0.25) is 0 Å². The summed E-state index contributed by atoms with van der Waals surface area (Å²) in [5.41, 5.74) is 0.0190. The minimum Gasteiger partial charge on any atom is -0.370 e. The maximum absolute atomic E-state index is 6.07. The van der Waals surface area contributed by atoms with Crippen molar-refractivity contribution in [3.63, 3.8) is 0 Å². The van der Waals surface area contributed by atoms with Crippen LogP contribution in [0, 0.1) is 10.8 Å². The van der Waals surface area contributed by atoms with Crippen LogP contribution in [0.25, 0.3) is 0 Å². The van der Waals surface area contributed by atoms with Crippen molar-refractivity contribution in [2.45, 2.75) is 62.3 Å². The van der Waals surface area contributed by atoms with E-state index in [1.807, 2.05) is 20.8 Å². The summed E-state index contributed by atoms with van der Waals surface area (Å²) in [5.74, 6) is 0. The standard InChI is InChI=1S/C16H34O3Si/c1-10-17-20(18-11-2,19-12-3)14(16(7,8)9)13-15(4,5)6/h13H,10-12H2,1-9H3/b14-13-. The van der Waals surface area contributed by atoms with E-state index < -0.39 is 8.80 Å². The molecule has 0 bridgehead atoms. The predicted molar refractivity (Wildman–Crippen MR) is 87.6 cm³/mol. The molecule has 0 heterocycles. The van der Waals surface area contributed by atoms with E-state index in [4.69, 9.17) is 13.3 Å². The molecule has 0 radical (unpaired) electrons. The summed E-state index contributed by atoms with van der Waals surface area (Å²) >= 11 is 0. The van der Waals surface area contributed by atoms with Crippen molar-refractivity contribution >= 4 is 8.80 Å². The van der Waals surface area contributed by atoms with Gasteiger partial charge in [-0.2, -0.15) is 0 Å². The quantitative estimate of drug-likeness (QED) is 0.644. The SMILES string of the molecule is CCO[Si](OCC)(OCC)/C(=C\C(C)(C)C)C(C)(C)C. The summed E-state index contributed by atoms with van der Waals surface area (Å²) in [6.45, 7) is 21.0. The lowest BCUT2D eigenvalue weighted by Gasteiger charge is -2.38. The van der Waals surface area contributed by atoms with Crippen LogP contribution in [0.15, 0.2) is 11.3 Å². The average Bonchev–Trinajstić information content (AvgIpc) is 2.24. The zero-order valence-electron chi connectivity index (χ0n) is 14.9. The molecule has 0 aliphatic carbocycles. The fourth-order valence-electron chi connectivity index (χ4n) is 2.13. The van der Waals surface area contributed by atoms with Crippen LogP contribution >= 0.6 is 0 Å². The normalized spacial score (nSPS) is 14.8. The van der Waals surface area contributed by atoms with Gasteiger partial charge < -0.3 is 13.3 Å². The van der Waals surface area contributed by atoms with Gasteiger partial charge in [-0.05, 0) is 31.6 Å². The van der Waals surface area contributed by atoms with Crippen molar-refractivity contribution in [2.75, 3.05) is 19.8 Å². The molecule has 3 nitrogen and oxygen atoms in total. The molecule has 0 saturated carbocycles. The Morgan fingerprint density at radius 1 is 0.800 bits per heavy atom. The lowest BCUT2D eigenvalue weighted by atomic mass is 9.88. The first-order chi connectivity index (χ1) is 9.02. The zero-order valence-corrected chi connectivity index (χ0v) is 15.9. The molecule has 0 aliphatic rings. The number of allylic oxidation sites excluding steroid dienone is 2. The smallest absolute Gasteiger partial charge is 0.370 e. The Morgan fingerprint density at radius 3 is 1.35 bits per heavy atom. The maximum Gasteiger partial charge on any atom is 0.533 e. The van der Waals surface area contributed by atoms with Crippen LogP contribution in [-0.2, 0) is 13.3 Å². The van der Waals surface area contributed by atoms with Crippen LogP contribution in [0.3, 0.4) is 0 Å². The van der Waals surface area contributed by atoms with Crippen LogP contribution in [-0.4, -0.2) is 28.6 Å². The highest BCUT2D eigenvalue weighted by Crippen LogP contribution is 2.38. The molecule has 4 heteroatoms. The van der Waals surface area contributed by atoms with Gasteiger partial charge in [-0.15, -0.1) is 0 Å². The second-order valence-corrected chi connectivity index (χ2v) is 9.55. The molecule has 0 aromatic rings. The van der Waals surface area contributed by atoms with E-state index in [0.29, 0.717) is 19.8 Å². The highest BCUT2D eigenvalue weighted by molar-refractivity contribution is 6.69. The van der Waals surface area contributed by atoms with Crippen LogP contribution < -0.4 is 0 Å². The number of hydrogen-bond acceptors (Lipinski definition) is 3. The summed E-state index contributed by atoms with van der Waals surface area (Å²) in [7, 11) is -2.81. The van der Waals surface area contributed by atoms with Gasteiger partial charge in [-0.1, -0.05) is 47.6 Å². The van der Waals surface area contributed by atoms with E-state index >= 15 is 0 Å². The van der Waals surface area contributed by atoms with Gasteiger partial charge >= 0.3 is 8.80 Å². The first-order valence-electron chi connectivity index (χ1n) is 7.68. The summed E-state index contributed by atoms with van der Waals surface area (Å²) < 4.78 is 18.2. The van der Waals surface area contributed by atoms with Crippen LogP contribution in [0.1, 0.15) is 62.3 Å². The summed E-state index contributed by atoms with van der Waals surface area (Å²) in [6.07, 6.45) is 2.28. The third kappa shape index (κ3) is 6.08. The molecule has 20 heavy (non-hydrogen) atoms. The van der Waals surface area contributed by atoms with Gasteiger partial charge in [0.05, 0.1) is 0 Å². The van der Waals surface area contributed by atoms with Crippen LogP contribution in [0.4, 0.5) is 0 Å².